The van der Waals surface area contributed by atoms with Gasteiger partial charge in [0.05, 0.1) is 16.2 Å². The fourth-order valence-corrected chi connectivity index (χ4v) is 6.31. The Morgan fingerprint density at radius 3 is 2.92 bits per heavy atom. The van der Waals surface area contributed by atoms with E-state index in [1.807, 2.05) is 23.7 Å². The zero-order valence-electron chi connectivity index (χ0n) is 13.7. The van der Waals surface area contributed by atoms with Gasteiger partial charge in [-0.05, 0) is 44.7 Å². The Balaban J connectivity index is 1.51. The quantitative estimate of drug-likeness (QED) is 0.899. The van der Waals surface area contributed by atoms with Crippen LogP contribution < -0.4 is 5.32 Å². The summed E-state index contributed by atoms with van der Waals surface area (Å²) in [6.45, 7) is 1.91. The van der Waals surface area contributed by atoms with Crippen molar-refractivity contribution in [2.24, 2.45) is 0 Å². The fourth-order valence-electron chi connectivity index (χ4n) is 3.92. The molecule has 1 aliphatic heterocycles. The van der Waals surface area contributed by atoms with Gasteiger partial charge in [0.25, 0.3) is 5.91 Å². The van der Waals surface area contributed by atoms with E-state index in [1.165, 1.54) is 0 Å². The normalized spacial score (nSPS) is 24.6. The number of rotatable bonds is 2. The third-order valence-electron chi connectivity index (χ3n) is 5.46. The van der Waals surface area contributed by atoms with Crippen molar-refractivity contribution in [3.05, 3.63) is 35.8 Å². The maximum Gasteiger partial charge on any atom is 0.251 e. The lowest BCUT2D eigenvalue weighted by Gasteiger charge is -2.46. The van der Waals surface area contributed by atoms with Gasteiger partial charge in [0.15, 0.2) is 9.84 Å². The smallest absolute Gasteiger partial charge is 0.251 e. The summed E-state index contributed by atoms with van der Waals surface area (Å²) in [5.41, 5.74) is 2.20. The van der Waals surface area contributed by atoms with Crippen molar-refractivity contribution >= 4 is 21.4 Å². The Labute approximate surface area is 141 Å². The summed E-state index contributed by atoms with van der Waals surface area (Å²) in [4.78, 5) is 16.9. The van der Waals surface area contributed by atoms with E-state index in [-0.39, 0.29) is 17.7 Å². The molecule has 1 saturated heterocycles. The fraction of sp³-hybridized carbons (Fsp3) is 0.529. The number of nitrogens with zero attached hydrogens (tertiary/aromatic N) is 2. The van der Waals surface area contributed by atoms with Gasteiger partial charge >= 0.3 is 0 Å². The van der Waals surface area contributed by atoms with Gasteiger partial charge in [-0.1, -0.05) is 6.42 Å². The van der Waals surface area contributed by atoms with Crippen molar-refractivity contribution in [1.82, 2.24) is 14.7 Å². The molecular formula is C17H21N3O3S. The molecule has 1 amide bonds. The molecule has 0 aromatic carbocycles. The summed E-state index contributed by atoms with van der Waals surface area (Å²) in [5, 5.41) is 3.03. The number of sulfone groups is 1. The first kappa shape index (κ1) is 15.6. The molecule has 4 rings (SSSR count). The van der Waals surface area contributed by atoms with E-state index in [9.17, 15) is 13.2 Å². The third-order valence-corrected chi connectivity index (χ3v) is 8.12. The second-order valence-electron chi connectivity index (χ2n) is 7.08. The number of pyridine rings is 1. The number of nitrogens with one attached hydrogen (secondary N) is 1. The van der Waals surface area contributed by atoms with Crippen LogP contribution in [0, 0.1) is 6.92 Å². The molecule has 0 radical (unpaired) electrons. The molecule has 7 heteroatoms. The average molecular weight is 347 g/mol. The van der Waals surface area contributed by atoms with Gasteiger partial charge in [0, 0.05) is 24.0 Å². The van der Waals surface area contributed by atoms with Crippen molar-refractivity contribution < 1.29 is 13.2 Å². The SMILES string of the molecule is Cc1cn2ccc(C(=O)N[C@H]3CCS(=O)(=O)C4(CCC4)C3)cc2n1. The first-order valence-corrected chi connectivity index (χ1v) is 10.0. The maximum atomic E-state index is 12.5. The standard InChI is InChI=1S/C17H21N3O3S/c1-12-11-20-7-3-13(9-15(20)18-12)16(21)19-14-4-8-24(22,23)17(10-14)5-2-6-17/h3,7,9,11,14H,2,4-6,8,10H2,1H3,(H,19,21)/t14-/m0/s1. The Morgan fingerprint density at radius 2 is 2.21 bits per heavy atom. The van der Waals surface area contributed by atoms with Crippen molar-refractivity contribution in [1.29, 1.82) is 0 Å². The van der Waals surface area contributed by atoms with Crippen LogP contribution in [0.4, 0.5) is 0 Å². The van der Waals surface area contributed by atoms with Gasteiger partial charge < -0.3 is 9.72 Å². The molecule has 1 N–H and O–H groups in total. The van der Waals surface area contributed by atoms with Crippen LogP contribution in [-0.2, 0) is 9.84 Å². The minimum atomic E-state index is -3.01. The summed E-state index contributed by atoms with van der Waals surface area (Å²) in [7, 11) is -3.01. The van der Waals surface area contributed by atoms with Crippen LogP contribution in [0.15, 0.2) is 24.5 Å². The van der Waals surface area contributed by atoms with Crippen LogP contribution in [0.1, 0.15) is 48.2 Å². The summed E-state index contributed by atoms with van der Waals surface area (Å²) >= 11 is 0. The van der Waals surface area contributed by atoms with Crippen molar-refractivity contribution in [2.45, 2.75) is 49.8 Å². The lowest BCUT2D eigenvalue weighted by atomic mass is 9.78. The second kappa shape index (κ2) is 5.31. The largest absolute Gasteiger partial charge is 0.349 e. The van der Waals surface area contributed by atoms with Gasteiger partial charge in [0.1, 0.15) is 5.65 Å². The number of carbonyl (C=O) groups excluding carboxylic acids is 1. The molecule has 0 bridgehead atoms. The first-order valence-electron chi connectivity index (χ1n) is 8.37. The predicted molar refractivity (Wildman–Crippen MR) is 90.8 cm³/mol. The molecule has 1 atom stereocenters. The van der Waals surface area contributed by atoms with Gasteiger partial charge in [-0.25, -0.2) is 13.4 Å². The monoisotopic (exact) mass is 347 g/mol. The molecular weight excluding hydrogens is 326 g/mol. The lowest BCUT2D eigenvalue weighted by molar-refractivity contribution is 0.0924. The van der Waals surface area contributed by atoms with Crippen LogP contribution in [0.2, 0.25) is 0 Å². The van der Waals surface area contributed by atoms with E-state index in [0.717, 1.165) is 30.6 Å². The highest BCUT2D eigenvalue weighted by atomic mass is 32.2. The molecule has 2 aliphatic rings. The van der Waals surface area contributed by atoms with E-state index in [4.69, 9.17) is 0 Å². The van der Waals surface area contributed by atoms with Crippen LogP contribution in [0.5, 0.6) is 0 Å². The Morgan fingerprint density at radius 1 is 1.42 bits per heavy atom. The molecule has 1 spiro atoms. The number of fused-ring (bicyclic) bond motifs is 1. The number of imidazole rings is 1. The number of aryl methyl sites for hydroxylation is 1. The van der Waals surface area contributed by atoms with Gasteiger partial charge in [-0.15, -0.1) is 0 Å². The van der Waals surface area contributed by atoms with Crippen LogP contribution in [0.25, 0.3) is 5.65 Å². The number of hydrogen-bond acceptors (Lipinski definition) is 4. The average Bonchev–Trinajstić information content (AvgIpc) is 2.86. The Kier molecular flexibility index (Phi) is 3.46. The van der Waals surface area contributed by atoms with E-state index in [0.29, 0.717) is 18.4 Å². The van der Waals surface area contributed by atoms with Crippen LogP contribution in [0.3, 0.4) is 0 Å². The van der Waals surface area contributed by atoms with Crippen LogP contribution in [-0.4, -0.2) is 40.3 Å². The molecule has 2 aromatic heterocycles. The van der Waals surface area contributed by atoms with E-state index < -0.39 is 14.6 Å². The predicted octanol–water partition coefficient (Wildman–Crippen LogP) is 1.87. The molecule has 1 saturated carbocycles. The van der Waals surface area contributed by atoms with Crippen molar-refractivity contribution in [3.63, 3.8) is 0 Å². The van der Waals surface area contributed by atoms with E-state index >= 15 is 0 Å². The lowest BCUT2D eigenvalue weighted by Crippen LogP contribution is -2.55. The molecule has 0 unspecified atom stereocenters. The first-order chi connectivity index (χ1) is 11.4. The molecule has 128 valence electrons. The second-order valence-corrected chi connectivity index (χ2v) is 9.59. The topological polar surface area (TPSA) is 80.5 Å². The minimum absolute atomic E-state index is 0.0703. The number of carbonyl (C=O) groups is 1. The highest BCUT2D eigenvalue weighted by Gasteiger charge is 2.52. The highest BCUT2D eigenvalue weighted by Crippen LogP contribution is 2.46. The number of aromatic nitrogens is 2. The Hall–Kier alpha value is -1.89. The molecule has 2 fully saturated rings. The number of hydrogen-bond donors (Lipinski definition) is 1. The van der Waals surface area contributed by atoms with Crippen LogP contribution >= 0.6 is 0 Å². The van der Waals surface area contributed by atoms with Crippen molar-refractivity contribution in [3.8, 4) is 0 Å². The van der Waals surface area contributed by atoms with Gasteiger partial charge in [-0.3, -0.25) is 4.79 Å². The van der Waals surface area contributed by atoms with Gasteiger partial charge in [0.2, 0.25) is 0 Å². The number of amides is 1. The summed E-state index contributed by atoms with van der Waals surface area (Å²) in [6, 6.07) is 3.46. The molecule has 6 nitrogen and oxygen atoms in total. The molecule has 2 aromatic rings. The molecule has 24 heavy (non-hydrogen) atoms. The highest BCUT2D eigenvalue weighted by molar-refractivity contribution is 7.92. The zero-order valence-corrected chi connectivity index (χ0v) is 14.5. The zero-order chi connectivity index (χ0) is 16.9. The summed E-state index contributed by atoms with van der Waals surface area (Å²) < 4.78 is 25.9. The molecule has 1 aliphatic carbocycles. The Bertz CT molecular complexity index is 912. The summed E-state index contributed by atoms with van der Waals surface area (Å²) in [6.07, 6.45) is 7.22. The minimum Gasteiger partial charge on any atom is -0.349 e. The third kappa shape index (κ3) is 2.42. The van der Waals surface area contributed by atoms with E-state index in [2.05, 4.69) is 10.3 Å². The van der Waals surface area contributed by atoms with Gasteiger partial charge in [-0.2, -0.15) is 0 Å². The van der Waals surface area contributed by atoms with Crippen molar-refractivity contribution in [2.75, 3.05) is 5.75 Å². The maximum absolute atomic E-state index is 12.5. The molecule has 3 heterocycles. The van der Waals surface area contributed by atoms with E-state index in [1.54, 1.807) is 12.1 Å². The summed E-state index contributed by atoms with van der Waals surface area (Å²) in [5.74, 6) is 0.0214.